The van der Waals surface area contributed by atoms with Gasteiger partial charge in [-0.15, -0.1) is 0 Å². The molecule has 1 N–H and O–H groups in total. The standard InChI is InChI=1S/C27H38N2O2/c1-5-6-19-28-27(31)22(4)29(20-18-23-10-8-7-9-11-23)26(30)17-14-24-12-15-25(16-13-24)21(2)3/h7-13,15-16,21-22H,5-6,14,17-20H2,1-4H3,(H,28,31). The van der Waals surface area contributed by atoms with Crippen LogP contribution in [0.2, 0.25) is 0 Å². The maximum atomic E-state index is 13.1. The molecule has 2 rings (SSSR count). The van der Waals surface area contributed by atoms with E-state index in [1.165, 1.54) is 11.1 Å². The Morgan fingerprint density at radius 1 is 0.903 bits per heavy atom. The molecule has 0 aromatic heterocycles. The molecular weight excluding hydrogens is 384 g/mol. The highest BCUT2D eigenvalue weighted by molar-refractivity contribution is 5.87. The van der Waals surface area contributed by atoms with E-state index < -0.39 is 6.04 Å². The van der Waals surface area contributed by atoms with Crippen molar-refractivity contribution in [1.29, 1.82) is 0 Å². The van der Waals surface area contributed by atoms with E-state index in [-0.39, 0.29) is 11.8 Å². The van der Waals surface area contributed by atoms with Crippen molar-refractivity contribution in [2.45, 2.75) is 71.8 Å². The summed E-state index contributed by atoms with van der Waals surface area (Å²) in [4.78, 5) is 27.5. The van der Waals surface area contributed by atoms with Crippen molar-refractivity contribution < 1.29 is 9.59 Å². The first-order valence-corrected chi connectivity index (χ1v) is 11.6. The fraction of sp³-hybridized carbons (Fsp3) is 0.481. The zero-order valence-corrected chi connectivity index (χ0v) is 19.6. The molecule has 0 spiro atoms. The van der Waals surface area contributed by atoms with Gasteiger partial charge in [0.1, 0.15) is 6.04 Å². The molecule has 1 atom stereocenters. The van der Waals surface area contributed by atoms with Crippen LogP contribution >= 0.6 is 0 Å². The number of amides is 2. The lowest BCUT2D eigenvalue weighted by atomic mass is 10.00. The Bertz CT molecular complexity index is 800. The van der Waals surface area contributed by atoms with E-state index in [0.29, 0.717) is 31.8 Å². The average molecular weight is 423 g/mol. The molecule has 0 bridgehead atoms. The van der Waals surface area contributed by atoms with Gasteiger partial charge in [-0.2, -0.15) is 0 Å². The van der Waals surface area contributed by atoms with Crippen LogP contribution in [0.3, 0.4) is 0 Å². The third-order valence-electron chi connectivity index (χ3n) is 5.75. The number of hydrogen-bond acceptors (Lipinski definition) is 2. The molecule has 168 valence electrons. The second-order valence-corrected chi connectivity index (χ2v) is 8.54. The minimum atomic E-state index is -0.476. The summed E-state index contributed by atoms with van der Waals surface area (Å²) in [5.74, 6) is 0.453. The van der Waals surface area contributed by atoms with Gasteiger partial charge >= 0.3 is 0 Å². The van der Waals surface area contributed by atoms with Crippen LogP contribution in [-0.2, 0) is 22.4 Å². The molecular formula is C27H38N2O2. The molecule has 0 heterocycles. The number of aryl methyl sites for hydroxylation is 1. The molecule has 2 aromatic carbocycles. The van der Waals surface area contributed by atoms with Gasteiger partial charge in [0.15, 0.2) is 0 Å². The summed E-state index contributed by atoms with van der Waals surface area (Å²) in [6.45, 7) is 9.48. The monoisotopic (exact) mass is 422 g/mol. The molecule has 2 amide bonds. The van der Waals surface area contributed by atoms with Crippen molar-refractivity contribution in [1.82, 2.24) is 10.2 Å². The molecule has 2 aromatic rings. The zero-order valence-electron chi connectivity index (χ0n) is 19.6. The van der Waals surface area contributed by atoms with Crippen LogP contribution in [0.5, 0.6) is 0 Å². The maximum Gasteiger partial charge on any atom is 0.242 e. The molecule has 0 radical (unpaired) electrons. The van der Waals surface area contributed by atoms with E-state index in [9.17, 15) is 9.59 Å². The third kappa shape index (κ3) is 8.20. The van der Waals surface area contributed by atoms with E-state index in [1.807, 2.05) is 25.1 Å². The minimum absolute atomic E-state index is 0.0296. The Balaban J connectivity index is 2.02. The molecule has 1 unspecified atom stereocenters. The number of benzene rings is 2. The number of nitrogens with one attached hydrogen (secondary N) is 1. The first kappa shape index (κ1) is 24.6. The molecule has 0 fully saturated rings. The van der Waals surface area contributed by atoms with Crippen LogP contribution < -0.4 is 5.32 Å². The van der Waals surface area contributed by atoms with Gasteiger partial charge in [-0.25, -0.2) is 0 Å². The van der Waals surface area contributed by atoms with E-state index in [4.69, 9.17) is 0 Å². The molecule has 4 nitrogen and oxygen atoms in total. The molecule has 4 heteroatoms. The van der Waals surface area contributed by atoms with Gasteiger partial charge in [-0.3, -0.25) is 9.59 Å². The fourth-order valence-electron chi connectivity index (χ4n) is 3.57. The number of nitrogens with zero attached hydrogens (tertiary/aromatic N) is 1. The average Bonchev–Trinajstić information content (AvgIpc) is 2.78. The van der Waals surface area contributed by atoms with Crippen molar-refractivity contribution in [2.75, 3.05) is 13.1 Å². The summed E-state index contributed by atoms with van der Waals surface area (Å²) in [6.07, 6.45) is 3.80. The van der Waals surface area contributed by atoms with Gasteiger partial charge < -0.3 is 10.2 Å². The molecule has 0 saturated carbocycles. The van der Waals surface area contributed by atoms with Crippen LogP contribution in [0.25, 0.3) is 0 Å². The number of hydrogen-bond donors (Lipinski definition) is 1. The van der Waals surface area contributed by atoms with E-state index in [1.54, 1.807) is 4.90 Å². The highest BCUT2D eigenvalue weighted by atomic mass is 16.2. The van der Waals surface area contributed by atoms with Gasteiger partial charge in [0, 0.05) is 19.5 Å². The van der Waals surface area contributed by atoms with Crippen LogP contribution in [-0.4, -0.2) is 35.8 Å². The fourth-order valence-corrected chi connectivity index (χ4v) is 3.57. The summed E-state index contributed by atoms with van der Waals surface area (Å²) >= 11 is 0. The number of rotatable bonds is 12. The quantitative estimate of drug-likeness (QED) is 0.483. The molecule has 0 aliphatic carbocycles. The lowest BCUT2D eigenvalue weighted by Crippen LogP contribution is -2.49. The highest BCUT2D eigenvalue weighted by Crippen LogP contribution is 2.16. The van der Waals surface area contributed by atoms with Crippen molar-refractivity contribution in [3.63, 3.8) is 0 Å². The Kier molecular flexibility index (Phi) is 10.3. The first-order valence-electron chi connectivity index (χ1n) is 11.6. The van der Waals surface area contributed by atoms with Crippen molar-refractivity contribution in [3.8, 4) is 0 Å². The molecule has 31 heavy (non-hydrogen) atoms. The lowest BCUT2D eigenvalue weighted by Gasteiger charge is -2.29. The second kappa shape index (κ2) is 12.9. The second-order valence-electron chi connectivity index (χ2n) is 8.54. The van der Waals surface area contributed by atoms with Crippen molar-refractivity contribution in [3.05, 3.63) is 71.3 Å². The topological polar surface area (TPSA) is 49.4 Å². The highest BCUT2D eigenvalue weighted by Gasteiger charge is 2.25. The van der Waals surface area contributed by atoms with Gasteiger partial charge in [0.05, 0.1) is 0 Å². The van der Waals surface area contributed by atoms with Crippen molar-refractivity contribution in [2.24, 2.45) is 0 Å². The predicted molar refractivity (Wildman–Crippen MR) is 128 cm³/mol. The Hall–Kier alpha value is -2.62. The van der Waals surface area contributed by atoms with Gasteiger partial charge in [0.25, 0.3) is 0 Å². The summed E-state index contributed by atoms with van der Waals surface area (Å²) in [5.41, 5.74) is 3.63. The smallest absolute Gasteiger partial charge is 0.242 e. The number of carbonyl (C=O) groups excluding carboxylic acids is 2. The van der Waals surface area contributed by atoms with Gasteiger partial charge in [0.2, 0.25) is 11.8 Å². The summed E-state index contributed by atoms with van der Waals surface area (Å²) < 4.78 is 0. The Morgan fingerprint density at radius 2 is 1.55 bits per heavy atom. The summed E-state index contributed by atoms with van der Waals surface area (Å²) in [5, 5.41) is 2.97. The van der Waals surface area contributed by atoms with Crippen LogP contribution in [0.15, 0.2) is 54.6 Å². The first-order chi connectivity index (χ1) is 14.9. The van der Waals surface area contributed by atoms with Gasteiger partial charge in [-0.1, -0.05) is 81.8 Å². The molecule has 0 aliphatic rings. The Morgan fingerprint density at radius 3 is 2.16 bits per heavy atom. The lowest BCUT2D eigenvalue weighted by molar-refractivity contribution is -0.139. The van der Waals surface area contributed by atoms with E-state index in [2.05, 4.69) is 62.5 Å². The minimum Gasteiger partial charge on any atom is -0.354 e. The van der Waals surface area contributed by atoms with E-state index >= 15 is 0 Å². The molecule has 0 aliphatic heterocycles. The van der Waals surface area contributed by atoms with Gasteiger partial charge in [-0.05, 0) is 48.8 Å². The zero-order chi connectivity index (χ0) is 22.6. The van der Waals surface area contributed by atoms with Crippen LogP contribution in [0.4, 0.5) is 0 Å². The largest absolute Gasteiger partial charge is 0.354 e. The SMILES string of the molecule is CCCCNC(=O)C(C)N(CCc1ccccc1)C(=O)CCc1ccc(C(C)C)cc1. The van der Waals surface area contributed by atoms with Crippen LogP contribution in [0, 0.1) is 0 Å². The third-order valence-corrected chi connectivity index (χ3v) is 5.75. The summed E-state index contributed by atoms with van der Waals surface area (Å²) in [6, 6.07) is 18.1. The summed E-state index contributed by atoms with van der Waals surface area (Å²) in [7, 11) is 0. The molecule has 0 saturated heterocycles. The van der Waals surface area contributed by atoms with E-state index in [0.717, 1.165) is 24.8 Å². The Labute approximate surface area is 188 Å². The maximum absolute atomic E-state index is 13.1. The van der Waals surface area contributed by atoms with Crippen molar-refractivity contribution >= 4 is 11.8 Å². The number of unbranched alkanes of at least 4 members (excludes halogenated alkanes) is 1. The number of carbonyl (C=O) groups is 2. The predicted octanol–water partition coefficient (Wildman–Crippen LogP) is 5.12. The van der Waals surface area contributed by atoms with Crippen LogP contribution in [0.1, 0.15) is 69.6 Å². The normalized spacial score (nSPS) is 11.9.